The van der Waals surface area contributed by atoms with Crippen LogP contribution >= 0.6 is 15.9 Å². The highest BCUT2D eigenvalue weighted by molar-refractivity contribution is 9.10. The van der Waals surface area contributed by atoms with Crippen molar-refractivity contribution in [3.05, 3.63) is 17.0 Å². The number of anilines is 1. The lowest BCUT2D eigenvalue weighted by Gasteiger charge is -2.34. The molecule has 1 aliphatic rings. The van der Waals surface area contributed by atoms with Gasteiger partial charge >= 0.3 is 0 Å². The van der Waals surface area contributed by atoms with Crippen LogP contribution in [0.1, 0.15) is 42.4 Å². The molecule has 2 rings (SSSR count). The molecule has 0 N–H and O–H groups in total. The second-order valence-corrected chi connectivity index (χ2v) is 3.06. The van der Waals surface area contributed by atoms with Crippen molar-refractivity contribution in [2.75, 3.05) is 11.4 Å². The Hall–Kier alpha value is -0.640. The molecule has 14 heavy (non-hydrogen) atoms. The Morgan fingerprint density at radius 1 is 1.79 bits per heavy atom. The fraction of sp³-hybridized carbons (Fsp3) is 0.600. The maximum atomic E-state index is 8.39. The highest BCUT2D eigenvalue weighted by Gasteiger charge is 2.19. The Morgan fingerprint density at radius 2 is 2.71 bits per heavy atom. The van der Waals surface area contributed by atoms with E-state index in [9.17, 15) is 0 Å². The van der Waals surface area contributed by atoms with Gasteiger partial charge in [0, 0.05) is 33.8 Å². The van der Waals surface area contributed by atoms with E-state index in [1.165, 1.54) is 0 Å². The van der Waals surface area contributed by atoms with Gasteiger partial charge in [-0.05, 0) is 48.0 Å². The smallest absolute Gasteiger partial charge is 0.198 e. The van der Waals surface area contributed by atoms with E-state index in [2.05, 4.69) is 25.9 Å². The summed E-state index contributed by atoms with van der Waals surface area (Å²) in [5.74, 6) is -0.578. The largest absolute Gasteiger partial charge is 0.354 e. The zero-order valence-electron chi connectivity index (χ0n) is 18.9. The fourth-order valence-corrected chi connectivity index (χ4v) is 1.21. The van der Waals surface area contributed by atoms with Gasteiger partial charge in [0.15, 0.2) is 4.73 Å². The summed E-state index contributed by atoms with van der Waals surface area (Å²) in [4.78, 5) is 7.48. The third-order valence-corrected chi connectivity index (χ3v) is 1.86. The Kier molecular flexibility index (Phi) is 0.893. The number of hydrogen-bond acceptors (Lipinski definition) is 3. The summed E-state index contributed by atoms with van der Waals surface area (Å²) >= 11 is 2.90. The molecule has 0 amide bonds. The van der Waals surface area contributed by atoms with E-state index >= 15 is 0 Å². The Bertz CT molecular complexity index is 719. The summed E-state index contributed by atoms with van der Waals surface area (Å²) in [5.41, 5.74) is 0. The summed E-state index contributed by atoms with van der Waals surface area (Å²) in [6.45, 7) is -7.00. The van der Waals surface area contributed by atoms with Crippen LogP contribution in [0.2, 0.25) is 0 Å². The number of nitrogens with zero attached hydrogens (tertiary/aromatic N) is 3. The van der Waals surface area contributed by atoms with E-state index in [-0.39, 0.29) is 9.63 Å². The van der Waals surface area contributed by atoms with Crippen molar-refractivity contribution < 1.29 is 16.4 Å². The van der Waals surface area contributed by atoms with Gasteiger partial charge in [-0.1, -0.05) is 0 Å². The van der Waals surface area contributed by atoms with Crippen molar-refractivity contribution in [1.29, 1.82) is 0 Å². The number of hydrogen-bond donors (Lipinski definition) is 0. The second-order valence-electron chi connectivity index (χ2n) is 2.35. The SMILES string of the molecule is [2H]C([2H])([2H])C1([2H])N(c2ccnc(Br)n2)C([2H])([2H])C([2H])([2H])C([2H])([2H])C1([2H])[2H]. The Balaban J connectivity index is 2.97. The van der Waals surface area contributed by atoms with Gasteiger partial charge in [-0.15, -0.1) is 0 Å². The van der Waals surface area contributed by atoms with Crippen molar-refractivity contribution in [2.24, 2.45) is 0 Å². The zero-order chi connectivity index (χ0) is 20.6. The van der Waals surface area contributed by atoms with Gasteiger partial charge < -0.3 is 4.90 Å². The van der Waals surface area contributed by atoms with Gasteiger partial charge in [-0.25, -0.2) is 9.97 Å². The highest BCUT2D eigenvalue weighted by atomic mass is 79.9. The lowest BCUT2D eigenvalue weighted by molar-refractivity contribution is 0.480. The molecule has 1 fully saturated rings. The van der Waals surface area contributed by atoms with E-state index in [0.29, 0.717) is 0 Å². The number of halogens is 1. The van der Waals surface area contributed by atoms with Gasteiger partial charge in [0.05, 0.1) is 1.37 Å². The molecule has 1 atom stereocenters. The predicted octanol–water partition coefficient (Wildman–Crippen LogP) is 2.62. The monoisotopic (exact) mass is 267 g/mol. The first-order chi connectivity index (χ1) is 11.4. The number of rotatable bonds is 1. The summed E-state index contributed by atoms with van der Waals surface area (Å²) in [7, 11) is 0. The maximum absolute atomic E-state index is 8.39. The minimum absolute atomic E-state index is 0.0424. The summed E-state index contributed by atoms with van der Waals surface area (Å²) < 4.78 is 95.1. The average Bonchev–Trinajstić information content (AvgIpc) is 2.44. The Morgan fingerprint density at radius 3 is 3.50 bits per heavy atom. The van der Waals surface area contributed by atoms with Crippen LogP contribution < -0.4 is 4.90 Å². The molecule has 1 unspecified atom stereocenters. The second kappa shape index (κ2) is 4.26. The van der Waals surface area contributed by atoms with Gasteiger partial charge in [0.2, 0.25) is 0 Å². The van der Waals surface area contributed by atoms with Crippen LogP contribution in [0.15, 0.2) is 17.0 Å². The van der Waals surface area contributed by atoms with Crippen molar-refractivity contribution in [1.82, 2.24) is 9.97 Å². The first-order valence-electron chi connectivity index (χ1n) is 9.66. The molecule has 3 nitrogen and oxygen atoms in total. The lowest BCUT2D eigenvalue weighted by Crippen LogP contribution is -2.38. The summed E-state index contributed by atoms with van der Waals surface area (Å²) in [6, 6.07) is -2.54. The van der Waals surface area contributed by atoms with Gasteiger partial charge in [-0.3, -0.25) is 0 Å². The first-order valence-corrected chi connectivity index (χ1v) is 4.45. The third kappa shape index (κ3) is 2.05. The lowest BCUT2D eigenvalue weighted by atomic mass is 10.0. The maximum Gasteiger partial charge on any atom is 0.198 e. The summed E-state index contributed by atoms with van der Waals surface area (Å²) in [6.07, 6.45) is -9.76. The van der Waals surface area contributed by atoms with Crippen LogP contribution in [-0.4, -0.2) is 22.5 Å². The summed E-state index contributed by atoms with van der Waals surface area (Å²) in [5, 5.41) is 0. The topological polar surface area (TPSA) is 29.0 Å². The molecule has 0 bridgehead atoms. The predicted molar refractivity (Wildman–Crippen MR) is 60.4 cm³/mol. The molecule has 76 valence electrons. The molecule has 0 radical (unpaired) electrons. The third-order valence-electron chi connectivity index (χ3n) is 1.48. The molecule has 0 spiro atoms. The molecular formula is C10H14BrN3. The standard InChI is InChI=1S/C10H14BrN3/c1-8-4-2-3-7-14(8)9-5-6-12-10(11)13-9/h5-6,8H,2-4,7H2,1H3/i1D3,2D2,3D2,4D2,7D2,8D. The molecule has 4 heteroatoms. The molecule has 0 saturated carbocycles. The molecule has 1 saturated heterocycles. The van der Waals surface area contributed by atoms with Gasteiger partial charge in [0.25, 0.3) is 0 Å². The van der Waals surface area contributed by atoms with Crippen molar-refractivity contribution in [3.63, 3.8) is 0 Å². The van der Waals surface area contributed by atoms with E-state index < -0.39 is 44.3 Å². The zero-order valence-corrected chi connectivity index (χ0v) is 8.46. The molecule has 2 heterocycles. The minimum Gasteiger partial charge on any atom is -0.354 e. The fourth-order valence-electron chi connectivity index (χ4n) is 0.909. The van der Waals surface area contributed by atoms with Gasteiger partial charge in [-0.2, -0.15) is 0 Å². The van der Waals surface area contributed by atoms with E-state index in [1.54, 1.807) is 0 Å². The number of piperidine rings is 1. The molecule has 1 aromatic rings. The quantitative estimate of drug-likeness (QED) is 0.733. The van der Waals surface area contributed by atoms with Crippen LogP contribution in [0.4, 0.5) is 5.82 Å². The molecule has 1 aromatic heterocycles. The first kappa shape index (κ1) is 2.94. The average molecular weight is 268 g/mol. The Labute approximate surface area is 110 Å². The van der Waals surface area contributed by atoms with Crippen molar-refractivity contribution in [3.8, 4) is 0 Å². The van der Waals surface area contributed by atoms with E-state index in [1.807, 2.05) is 0 Å². The van der Waals surface area contributed by atoms with Crippen molar-refractivity contribution in [2.45, 2.75) is 32.0 Å². The van der Waals surface area contributed by atoms with E-state index in [4.69, 9.17) is 16.4 Å². The van der Waals surface area contributed by atoms with Crippen LogP contribution in [0.5, 0.6) is 0 Å². The molecular weight excluding hydrogens is 242 g/mol. The highest BCUT2D eigenvalue weighted by Crippen LogP contribution is 2.22. The normalized spacial score (nSPS) is 55.6. The molecule has 0 aliphatic carbocycles. The van der Waals surface area contributed by atoms with Crippen LogP contribution in [0.25, 0.3) is 0 Å². The minimum atomic E-state index is -3.65. The molecule has 1 aliphatic heterocycles. The van der Waals surface area contributed by atoms with Crippen LogP contribution in [0.3, 0.4) is 0 Å². The van der Waals surface area contributed by atoms with Gasteiger partial charge in [0.1, 0.15) is 5.82 Å². The molecule has 0 aromatic carbocycles. The van der Waals surface area contributed by atoms with Crippen molar-refractivity contribution >= 4 is 21.7 Å². The van der Waals surface area contributed by atoms with Crippen LogP contribution in [0, 0.1) is 0 Å². The number of aromatic nitrogens is 2. The van der Waals surface area contributed by atoms with E-state index in [0.717, 1.165) is 12.3 Å². The van der Waals surface area contributed by atoms with Crippen LogP contribution in [-0.2, 0) is 0 Å².